The Morgan fingerprint density at radius 2 is 1.92 bits per heavy atom. The van der Waals surface area contributed by atoms with Gasteiger partial charge in [-0.3, -0.25) is 0 Å². The highest BCUT2D eigenvalue weighted by atomic mass is 35.5. The lowest BCUT2D eigenvalue weighted by molar-refractivity contribution is -0.0302. The quantitative estimate of drug-likeness (QED) is 0.548. The number of aromatic nitrogens is 2. The van der Waals surface area contributed by atoms with Crippen LogP contribution in [0.1, 0.15) is 51.3 Å². The molecule has 25 heavy (non-hydrogen) atoms. The number of fused-ring (bicyclic) bond motifs is 1. The van der Waals surface area contributed by atoms with Crippen LogP contribution in [0.4, 0.5) is 0 Å². The maximum absolute atomic E-state index is 11.2. The van der Waals surface area contributed by atoms with Crippen molar-refractivity contribution < 1.29 is 9.53 Å². The summed E-state index contributed by atoms with van der Waals surface area (Å²) < 4.78 is 6.54. The zero-order valence-electron chi connectivity index (χ0n) is 15.6. The standard InChI is InChI=1S/C18H27ClN2O2SSi/c1-17(2,3)25(4,5)23-12-6-8-18(22,9-7-12)14-10-13-15(19)20-11-21-16(13)24-14/h10-12,22H,6-9H2,1-5H3. The molecule has 3 rings (SSSR count). The highest BCUT2D eigenvalue weighted by molar-refractivity contribution is 7.18. The Bertz CT molecular complexity index is 764. The Hall–Kier alpha value is -0.533. The summed E-state index contributed by atoms with van der Waals surface area (Å²) >= 11 is 7.67. The van der Waals surface area contributed by atoms with Crippen LogP contribution in [0.3, 0.4) is 0 Å². The van der Waals surface area contributed by atoms with Crippen molar-refractivity contribution in [2.45, 2.75) is 76.3 Å². The van der Waals surface area contributed by atoms with Gasteiger partial charge in [-0.1, -0.05) is 32.4 Å². The highest BCUT2D eigenvalue weighted by Gasteiger charge is 2.42. The highest BCUT2D eigenvalue weighted by Crippen LogP contribution is 2.45. The van der Waals surface area contributed by atoms with Crippen molar-refractivity contribution >= 4 is 41.5 Å². The van der Waals surface area contributed by atoms with Gasteiger partial charge in [0.15, 0.2) is 8.32 Å². The molecule has 1 aliphatic carbocycles. The zero-order chi connectivity index (χ0) is 18.5. The van der Waals surface area contributed by atoms with E-state index in [1.54, 1.807) is 0 Å². The molecule has 7 heteroatoms. The van der Waals surface area contributed by atoms with Crippen molar-refractivity contribution in [1.29, 1.82) is 0 Å². The van der Waals surface area contributed by atoms with E-state index in [0.717, 1.165) is 27.9 Å². The first kappa shape index (κ1) is 19.2. The summed E-state index contributed by atoms with van der Waals surface area (Å²) in [6.45, 7) is 11.4. The molecule has 138 valence electrons. The molecule has 0 atom stereocenters. The van der Waals surface area contributed by atoms with Gasteiger partial charge in [-0.25, -0.2) is 9.97 Å². The summed E-state index contributed by atoms with van der Waals surface area (Å²) in [5, 5.41) is 12.7. The lowest BCUT2D eigenvalue weighted by Gasteiger charge is -2.43. The average Bonchev–Trinajstić information content (AvgIpc) is 2.95. The summed E-state index contributed by atoms with van der Waals surface area (Å²) in [6, 6.07) is 1.96. The number of thiophene rings is 1. The molecule has 0 amide bonds. The summed E-state index contributed by atoms with van der Waals surface area (Å²) in [5.41, 5.74) is -0.804. The molecule has 2 heterocycles. The third kappa shape index (κ3) is 3.78. The zero-order valence-corrected chi connectivity index (χ0v) is 18.2. The summed E-state index contributed by atoms with van der Waals surface area (Å²) in [4.78, 5) is 10.1. The lowest BCUT2D eigenvalue weighted by atomic mass is 9.82. The number of hydrogen-bond donors (Lipinski definition) is 1. The molecule has 0 aliphatic heterocycles. The second kappa shape index (κ2) is 6.57. The average molecular weight is 399 g/mol. The van der Waals surface area contributed by atoms with Gasteiger partial charge in [0.1, 0.15) is 16.3 Å². The molecule has 0 aromatic carbocycles. The van der Waals surface area contributed by atoms with E-state index < -0.39 is 13.9 Å². The van der Waals surface area contributed by atoms with Crippen molar-refractivity contribution in [3.63, 3.8) is 0 Å². The predicted molar refractivity (Wildman–Crippen MR) is 107 cm³/mol. The van der Waals surface area contributed by atoms with E-state index in [4.69, 9.17) is 16.0 Å². The van der Waals surface area contributed by atoms with E-state index in [1.807, 2.05) is 6.07 Å². The van der Waals surface area contributed by atoms with E-state index in [9.17, 15) is 5.11 Å². The Kier molecular flexibility index (Phi) is 5.05. The van der Waals surface area contributed by atoms with E-state index in [2.05, 4.69) is 43.8 Å². The lowest BCUT2D eigenvalue weighted by Crippen LogP contribution is -2.46. The number of rotatable bonds is 3. The van der Waals surface area contributed by atoms with Crippen molar-refractivity contribution in [2.75, 3.05) is 0 Å². The van der Waals surface area contributed by atoms with Gasteiger partial charge in [0, 0.05) is 16.4 Å². The second-order valence-electron chi connectivity index (χ2n) is 8.60. The third-order valence-corrected chi connectivity index (χ3v) is 11.8. The normalized spacial score (nSPS) is 25.5. The molecule has 0 bridgehead atoms. The van der Waals surface area contributed by atoms with Crippen LogP contribution in [0.2, 0.25) is 23.3 Å². The number of nitrogens with zero attached hydrogens (tertiary/aromatic N) is 2. The molecule has 1 saturated carbocycles. The third-order valence-electron chi connectivity index (χ3n) is 5.77. The molecular weight excluding hydrogens is 372 g/mol. The van der Waals surface area contributed by atoms with E-state index in [-0.39, 0.29) is 11.1 Å². The Balaban J connectivity index is 1.73. The fraction of sp³-hybridized carbons (Fsp3) is 0.667. The first-order valence-corrected chi connectivity index (χ1v) is 12.9. The SMILES string of the molecule is CC(C)(C)[Si](C)(C)OC1CCC(O)(c2cc3c(Cl)ncnc3s2)CC1. The molecule has 0 radical (unpaired) electrons. The van der Waals surface area contributed by atoms with Crippen LogP contribution in [0.25, 0.3) is 10.2 Å². The van der Waals surface area contributed by atoms with Gasteiger partial charge in [-0.2, -0.15) is 0 Å². The van der Waals surface area contributed by atoms with Gasteiger partial charge in [0.25, 0.3) is 0 Å². The molecule has 2 aromatic rings. The Labute approximate surface area is 159 Å². The van der Waals surface area contributed by atoms with Crippen LogP contribution < -0.4 is 0 Å². The summed E-state index contributed by atoms with van der Waals surface area (Å²) in [5.74, 6) is 0. The van der Waals surface area contributed by atoms with Gasteiger partial charge in [0.2, 0.25) is 0 Å². The van der Waals surface area contributed by atoms with Crippen molar-refractivity contribution in [1.82, 2.24) is 9.97 Å². The minimum Gasteiger partial charge on any atom is -0.414 e. The largest absolute Gasteiger partial charge is 0.414 e. The molecule has 0 unspecified atom stereocenters. The van der Waals surface area contributed by atoms with Crippen LogP contribution in [-0.2, 0) is 10.0 Å². The fourth-order valence-electron chi connectivity index (χ4n) is 3.08. The Morgan fingerprint density at radius 1 is 1.28 bits per heavy atom. The maximum Gasteiger partial charge on any atom is 0.192 e. The monoisotopic (exact) mass is 398 g/mol. The predicted octanol–water partition coefficient (Wildman–Crippen LogP) is 5.50. The maximum atomic E-state index is 11.2. The van der Waals surface area contributed by atoms with Crippen LogP contribution in [0, 0.1) is 0 Å². The minimum absolute atomic E-state index is 0.210. The molecular formula is C18H27ClN2O2SSi. The fourth-order valence-corrected chi connectivity index (χ4v) is 5.89. The molecule has 0 spiro atoms. The van der Waals surface area contributed by atoms with Gasteiger partial charge in [-0.05, 0) is 49.9 Å². The molecule has 2 aromatic heterocycles. The van der Waals surface area contributed by atoms with Gasteiger partial charge in [0.05, 0.1) is 5.60 Å². The summed E-state index contributed by atoms with van der Waals surface area (Å²) in [6.07, 6.45) is 4.92. The number of aliphatic hydroxyl groups is 1. The van der Waals surface area contributed by atoms with Gasteiger partial charge < -0.3 is 9.53 Å². The van der Waals surface area contributed by atoms with Gasteiger partial charge >= 0.3 is 0 Å². The Morgan fingerprint density at radius 3 is 2.48 bits per heavy atom. The van der Waals surface area contributed by atoms with Crippen LogP contribution in [0.15, 0.2) is 12.4 Å². The molecule has 4 nitrogen and oxygen atoms in total. The molecule has 1 aliphatic rings. The topological polar surface area (TPSA) is 55.2 Å². The van der Waals surface area contributed by atoms with E-state index in [0.29, 0.717) is 18.0 Å². The minimum atomic E-state index is -1.77. The summed E-state index contributed by atoms with van der Waals surface area (Å²) in [7, 11) is -1.77. The van der Waals surface area contributed by atoms with Crippen molar-refractivity contribution in [3.05, 3.63) is 22.4 Å². The van der Waals surface area contributed by atoms with Crippen LogP contribution >= 0.6 is 22.9 Å². The first-order chi connectivity index (χ1) is 11.5. The molecule has 1 fully saturated rings. The van der Waals surface area contributed by atoms with Crippen LogP contribution in [-0.4, -0.2) is 29.5 Å². The second-order valence-corrected chi connectivity index (χ2v) is 14.7. The van der Waals surface area contributed by atoms with Crippen molar-refractivity contribution in [3.8, 4) is 0 Å². The van der Waals surface area contributed by atoms with Gasteiger partial charge in [-0.15, -0.1) is 11.3 Å². The number of hydrogen-bond acceptors (Lipinski definition) is 5. The van der Waals surface area contributed by atoms with E-state index >= 15 is 0 Å². The smallest absolute Gasteiger partial charge is 0.192 e. The van der Waals surface area contributed by atoms with Crippen molar-refractivity contribution in [2.24, 2.45) is 0 Å². The molecule has 0 saturated heterocycles. The first-order valence-electron chi connectivity index (χ1n) is 8.83. The van der Waals surface area contributed by atoms with Crippen LogP contribution in [0.5, 0.6) is 0 Å². The molecule has 1 N–H and O–H groups in total. The number of halogens is 1. The van der Waals surface area contributed by atoms with E-state index in [1.165, 1.54) is 17.7 Å².